The van der Waals surface area contributed by atoms with Gasteiger partial charge < -0.3 is 5.32 Å². The van der Waals surface area contributed by atoms with Gasteiger partial charge in [-0.15, -0.1) is 11.3 Å². The average molecular weight is 223 g/mol. The van der Waals surface area contributed by atoms with Gasteiger partial charge in [0, 0.05) is 22.3 Å². The number of nitrogens with one attached hydrogen (secondary N) is 1. The van der Waals surface area contributed by atoms with E-state index in [1.54, 1.807) is 0 Å². The van der Waals surface area contributed by atoms with Crippen LogP contribution in [0.5, 0.6) is 0 Å². The average Bonchev–Trinajstić information content (AvgIpc) is 2.81. The molecule has 1 nitrogen and oxygen atoms in total. The van der Waals surface area contributed by atoms with Crippen molar-refractivity contribution in [3.05, 3.63) is 21.9 Å². The molecule has 0 aromatic carbocycles. The fourth-order valence-corrected chi connectivity index (χ4v) is 2.69. The predicted octanol–water partition coefficient (Wildman–Crippen LogP) is 3.76. The molecule has 1 aromatic rings. The van der Waals surface area contributed by atoms with Gasteiger partial charge in [-0.05, 0) is 43.7 Å². The van der Waals surface area contributed by atoms with Crippen molar-refractivity contribution < 1.29 is 0 Å². The minimum absolute atomic E-state index is 0.521. The molecule has 1 N–H and O–H groups in total. The lowest BCUT2D eigenvalue weighted by atomic mass is 10.1. The van der Waals surface area contributed by atoms with Crippen molar-refractivity contribution in [1.29, 1.82) is 0 Å². The molecule has 1 aromatic heterocycles. The third kappa shape index (κ3) is 2.82. The highest BCUT2D eigenvalue weighted by Gasteiger charge is 2.36. The maximum atomic E-state index is 3.65. The highest BCUT2D eigenvalue weighted by Crippen LogP contribution is 2.44. The van der Waals surface area contributed by atoms with Crippen molar-refractivity contribution in [2.45, 2.75) is 46.1 Å². The zero-order valence-corrected chi connectivity index (χ0v) is 10.8. The Bertz CT molecular complexity index is 325. The van der Waals surface area contributed by atoms with Gasteiger partial charge in [-0.2, -0.15) is 0 Å². The minimum atomic E-state index is 0.521. The third-order valence-corrected chi connectivity index (χ3v) is 4.81. The van der Waals surface area contributed by atoms with Crippen LogP contribution in [0.15, 0.2) is 12.1 Å². The maximum Gasteiger partial charge on any atom is 0.0386 e. The topological polar surface area (TPSA) is 12.0 Å². The van der Waals surface area contributed by atoms with Crippen molar-refractivity contribution in [3.63, 3.8) is 0 Å². The second kappa shape index (κ2) is 4.26. The van der Waals surface area contributed by atoms with E-state index in [-0.39, 0.29) is 0 Å². The molecule has 1 aliphatic rings. The Morgan fingerprint density at radius 2 is 2.20 bits per heavy atom. The number of hydrogen-bond acceptors (Lipinski definition) is 2. The fourth-order valence-electron chi connectivity index (χ4n) is 1.71. The highest BCUT2D eigenvalue weighted by atomic mass is 32.1. The number of hydrogen-bond donors (Lipinski definition) is 1. The lowest BCUT2D eigenvalue weighted by Gasteiger charge is -2.15. The second-order valence-corrected chi connectivity index (χ2v) is 6.27. The standard InChI is InChI=1S/C13H21NS/c1-4-11-5-6-12(15-11)10(2)14-9-13(3)7-8-13/h5-6,10,14H,4,7-9H2,1-3H3. The summed E-state index contributed by atoms with van der Waals surface area (Å²) in [5.74, 6) is 0. The van der Waals surface area contributed by atoms with Gasteiger partial charge in [-0.3, -0.25) is 0 Å². The van der Waals surface area contributed by atoms with E-state index < -0.39 is 0 Å². The first-order valence-corrected chi connectivity index (χ1v) is 6.77. The molecule has 1 unspecified atom stereocenters. The molecule has 84 valence electrons. The predicted molar refractivity (Wildman–Crippen MR) is 67.5 cm³/mol. The van der Waals surface area contributed by atoms with E-state index >= 15 is 0 Å². The summed E-state index contributed by atoms with van der Waals surface area (Å²) < 4.78 is 0. The minimum Gasteiger partial charge on any atom is -0.309 e. The summed E-state index contributed by atoms with van der Waals surface area (Å²) in [6.45, 7) is 8.04. The van der Waals surface area contributed by atoms with Crippen LogP contribution < -0.4 is 5.32 Å². The van der Waals surface area contributed by atoms with Gasteiger partial charge in [0.05, 0.1) is 0 Å². The molecule has 0 amide bonds. The van der Waals surface area contributed by atoms with Gasteiger partial charge >= 0.3 is 0 Å². The van der Waals surface area contributed by atoms with E-state index in [1.807, 2.05) is 11.3 Å². The molecule has 1 aliphatic carbocycles. The smallest absolute Gasteiger partial charge is 0.0386 e. The number of aryl methyl sites for hydroxylation is 1. The van der Waals surface area contributed by atoms with Crippen LogP contribution in [0, 0.1) is 5.41 Å². The molecule has 1 atom stereocenters. The van der Waals surface area contributed by atoms with Gasteiger partial charge in [0.1, 0.15) is 0 Å². The molecule has 0 aliphatic heterocycles. The molecular weight excluding hydrogens is 202 g/mol. The Kier molecular flexibility index (Phi) is 3.17. The Labute approximate surface area is 96.9 Å². The summed E-state index contributed by atoms with van der Waals surface area (Å²) in [7, 11) is 0. The normalized spacial score (nSPS) is 20.2. The van der Waals surface area contributed by atoms with Crippen molar-refractivity contribution in [1.82, 2.24) is 5.32 Å². The summed E-state index contributed by atoms with van der Waals surface area (Å²) >= 11 is 1.95. The van der Waals surface area contributed by atoms with Gasteiger partial charge in [0.2, 0.25) is 0 Å². The Morgan fingerprint density at radius 1 is 1.47 bits per heavy atom. The van der Waals surface area contributed by atoms with Crippen LogP contribution >= 0.6 is 11.3 Å². The van der Waals surface area contributed by atoms with E-state index in [2.05, 4.69) is 38.2 Å². The van der Waals surface area contributed by atoms with Crippen LogP contribution in [0.4, 0.5) is 0 Å². The highest BCUT2D eigenvalue weighted by molar-refractivity contribution is 7.12. The fraction of sp³-hybridized carbons (Fsp3) is 0.692. The number of rotatable bonds is 5. The van der Waals surface area contributed by atoms with Gasteiger partial charge in [-0.1, -0.05) is 13.8 Å². The summed E-state index contributed by atoms with van der Waals surface area (Å²) in [5, 5.41) is 3.65. The van der Waals surface area contributed by atoms with Crippen molar-refractivity contribution >= 4 is 11.3 Å². The number of thiophene rings is 1. The van der Waals surface area contributed by atoms with Gasteiger partial charge in [-0.25, -0.2) is 0 Å². The molecule has 1 heterocycles. The molecule has 2 heteroatoms. The monoisotopic (exact) mass is 223 g/mol. The van der Waals surface area contributed by atoms with Crippen molar-refractivity contribution in [2.75, 3.05) is 6.54 Å². The largest absolute Gasteiger partial charge is 0.309 e. The Balaban J connectivity index is 1.86. The molecule has 0 spiro atoms. The first-order chi connectivity index (χ1) is 7.13. The van der Waals surface area contributed by atoms with Crippen LogP contribution in [-0.2, 0) is 6.42 Å². The van der Waals surface area contributed by atoms with Crippen molar-refractivity contribution in [3.8, 4) is 0 Å². The van der Waals surface area contributed by atoms with E-state index in [0.717, 1.165) is 6.42 Å². The molecule has 0 radical (unpaired) electrons. The van der Waals surface area contributed by atoms with E-state index in [9.17, 15) is 0 Å². The Hall–Kier alpha value is -0.340. The quantitative estimate of drug-likeness (QED) is 0.801. The molecule has 15 heavy (non-hydrogen) atoms. The molecule has 0 saturated heterocycles. The first-order valence-electron chi connectivity index (χ1n) is 5.95. The summed E-state index contributed by atoms with van der Waals surface area (Å²) in [4.78, 5) is 2.98. The maximum absolute atomic E-state index is 3.65. The first kappa shape index (κ1) is 11.2. The van der Waals surface area contributed by atoms with E-state index in [4.69, 9.17) is 0 Å². The van der Waals surface area contributed by atoms with Gasteiger partial charge in [0.15, 0.2) is 0 Å². The van der Waals surface area contributed by atoms with Crippen LogP contribution in [0.2, 0.25) is 0 Å². The van der Waals surface area contributed by atoms with E-state index in [0.29, 0.717) is 11.5 Å². The summed E-state index contributed by atoms with van der Waals surface area (Å²) in [5.41, 5.74) is 0.610. The second-order valence-electron chi connectivity index (χ2n) is 5.07. The van der Waals surface area contributed by atoms with Crippen LogP contribution in [0.3, 0.4) is 0 Å². The third-order valence-electron chi connectivity index (χ3n) is 3.40. The molecular formula is C13H21NS. The SMILES string of the molecule is CCc1ccc(C(C)NCC2(C)CC2)s1. The zero-order chi connectivity index (χ0) is 10.9. The molecule has 1 saturated carbocycles. The van der Waals surface area contributed by atoms with Crippen molar-refractivity contribution in [2.24, 2.45) is 5.41 Å². The van der Waals surface area contributed by atoms with Crippen LogP contribution in [0.25, 0.3) is 0 Å². The molecule has 1 fully saturated rings. The van der Waals surface area contributed by atoms with Crippen LogP contribution in [-0.4, -0.2) is 6.54 Å². The van der Waals surface area contributed by atoms with Gasteiger partial charge in [0.25, 0.3) is 0 Å². The zero-order valence-electron chi connectivity index (χ0n) is 9.97. The lowest BCUT2D eigenvalue weighted by Crippen LogP contribution is -2.24. The molecule has 2 rings (SSSR count). The lowest BCUT2D eigenvalue weighted by molar-refractivity contribution is 0.460. The van der Waals surface area contributed by atoms with Crippen LogP contribution in [0.1, 0.15) is 49.4 Å². The van der Waals surface area contributed by atoms with E-state index in [1.165, 1.54) is 29.1 Å². The molecule has 0 bridgehead atoms. The Morgan fingerprint density at radius 3 is 2.73 bits per heavy atom. The summed E-state index contributed by atoms with van der Waals surface area (Å²) in [6, 6.07) is 5.06. The summed E-state index contributed by atoms with van der Waals surface area (Å²) in [6.07, 6.45) is 3.96.